The summed E-state index contributed by atoms with van der Waals surface area (Å²) in [5.41, 5.74) is 5.76. The summed E-state index contributed by atoms with van der Waals surface area (Å²) in [6, 6.07) is 0. The average Bonchev–Trinajstić information content (AvgIpc) is 2.26. The second kappa shape index (κ2) is 6.75. The molecule has 1 aliphatic carbocycles. The maximum absolute atomic E-state index is 3.86. The molecule has 0 nitrogen and oxygen atoms in total. The van der Waals surface area contributed by atoms with Crippen molar-refractivity contribution in [1.82, 2.24) is 0 Å². The highest BCUT2D eigenvalue weighted by molar-refractivity contribution is 5.36. The summed E-state index contributed by atoms with van der Waals surface area (Å²) in [4.78, 5) is 0. The van der Waals surface area contributed by atoms with E-state index >= 15 is 0 Å². The minimum Gasteiger partial charge on any atom is -0.0961 e. The topological polar surface area (TPSA) is 0 Å². The molecule has 0 aliphatic heterocycles. The highest BCUT2D eigenvalue weighted by Crippen LogP contribution is 2.40. The third-order valence-electron chi connectivity index (χ3n) is 3.80. The Labute approximate surface area is 119 Å². The lowest BCUT2D eigenvalue weighted by atomic mass is 9.72. The Hall–Kier alpha value is -1.30. The quantitative estimate of drug-likeness (QED) is 0.529. The van der Waals surface area contributed by atoms with Crippen LogP contribution < -0.4 is 0 Å². The third-order valence-corrected chi connectivity index (χ3v) is 3.80. The van der Waals surface area contributed by atoms with Crippen LogP contribution in [0.25, 0.3) is 0 Å². The molecule has 0 amide bonds. The van der Waals surface area contributed by atoms with Crippen molar-refractivity contribution in [3.8, 4) is 0 Å². The molecule has 104 valence electrons. The normalized spacial score (nSPS) is 20.6. The van der Waals surface area contributed by atoms with Crippen molar-refractivity contribution in [3.63, 3.8) is 0 Å². The molecular weight excluding hydrogens is 228 g/mol. The van der Waals surface area contributed by atoms with E-state index in [9.17, 15) is 0 Å². The molecule has 0 saturated heterocycles. The zero-order chi connectivity index (χ0) is 14.5. The van der Waals surface area contributed by atoms with E-state index in [-0.39, 0.29) is 0 Å². The van der Waals surface area contributed by atoms with Gasteiger partial charge < -0.3 is 0 Å². The molecule has 1 aliphatic rings. The van der Waals surface area contributed by atoms with Crippen LogP contribution in [0, 0.1) is 5.41 Å². The van der Waals surface area contributed by atoms with Crippen molar-refractivity contribution >= 4 is 0 Å². The molecule has 0 unspecified atom stereocenters. The molecule has 19 heavy (non-hydrogen) atoms. The fourth-order valence-electron chi connectivity index (χ4n) is 2.64. The SMILES string of the molecule is C=C(C)\C=C/C=C(C)/C=C/C1=C(C)CCCC1(C)C. The summed E-state index contributed by atoms with van der Waals surface area (Å²) in [7, 11) is 0. The zero-order valence-corrected chi connectivity index (χ0v) is 13.2. The number of hydrogen-bond donors (Lipinski definition) is 0. The zero-order valence-electron chi connectivity index (χ0n) is 13.2. The molecule has 0 spiro atoms. The molecule has 0 atom stereocenters. The van der Waals surface area contributed by atoms with Crippen LogP contribution in [0.5, 0.6) is 0 Å². The first kappa shape index (κ1) is 15.8. The van der Waals surface area contributed by atoms with Gasteiger partial charge in [0.05, 0.1) is 0 Å². The molecule has 0 fully saturated rings. The molecule has 0 aromatic heterocycles. The van der Waals surface area contributed by atoms with Gasteiger partial charge in [-0.15, -0.1) is 0 Å². The summed E-state index contributed by atoms with van der Waals surface area (Å²) in [6.45, 7) is 15.0. The molecule has 0 aromatic rings. The lowest BCUT2D eigenvalue weighted by Crippen LogP contribution is -2.19. The number of rotatable bonds is 4. The minimum absolute atomic E-state index is 0.326. The Bertz CT molecular complexity index is 450. The van der Waals surface area contributed by atoms with Gasteiger partial charge in [0.25, 0.3) is 0 Å². The Kier molecular flexibility index (Phi) is 5.60. The van der Waals surface area contributed by atoms with Gasteiger partial charge in [0.15, 0.2) is 0 Å². The van der Waals surface area contributed by atoms with Crippen LogP contribution in [0.4, 0.5) is 0 Å². The maximum atomic E-state index is 3.86. The van der Waals surface area contributed by atoms with E-state index in [2.05, 4.69) is 58.6 Å². The van der Waals surface area contributed by atoms with Gasteiger partial charge in [-0.2, -0.15) is 0 Å². The smallest absolute Gasteiger partial charge is 0.0104 e. The van der Waals surface area contributed by atoms with Crippen molar-refractivity contribution in [2.75, 3.05) is 0 Å². The molecular formula is C19H28. The Morgan fingerprint density at radius 3 is 2.47 bits per heavy atom. The van der Waals surface area contributed by atoms with Crippen molar-refractivity contribution in [3.05, 3.63) is 59.3 Å². The Morgan fingerprint density at radius 2 is 1.89 bits per heavy atom. The van der Waals surface area contributed by atoms with E-state index in [1.807, 2.05) is 13.0 Å². The van der Waals surface area contributed by atoms with Crippen molar-refractivity contribution < 1.29 is 0 Å². The highest BCUT2D eigenvalue weighted by Gasteiger charge is 2.26. The Morgan fingerprint density at radius 1 is 1.21 bits per heavy atom. The number of allylic oxidation sites excluding steroid dienone is 9. The van der Waals surface area contributed by atoms with E-state index in [0.29, 0.717) is 5.41 Å². The van der Waals surface area contributed by atoms with Crippen molar-refractivity contribution in [1.29, 1.82) is 0 Å². The monoisotopic (exact) mass is 256 g/mol. The van der Waals surface area contributed by atoms with Crippen LogP contribution in [0.3, 0.4) is 0 Å². The lowest BCUT2D eigenvalue weighted by Gasteiger charge is -2.32. The summed E-state index contributed by atoms with van der Waals surface area (Å²) in [5.74, 6) is 0. The molecule has 1 rings (SSSR count). The fraction of sp³-hybridized carbons (Fsp3) is 0.474. The summed E-state index contributed by atoms with van der Waals surface area (Å²) in [6.07, 6.45) is 14.7. The van der Waals surface area contributed by atoms with Crippen LogP contribution in [-0.4, -0.2) is 0 Å². The predicted octanol–water partition coefficient (Wildman–Crippen LogP) is 6.15. The minimum atomic E-state index is 0.326. The Balaban J connectivity index is 2.83. The van der Waals surface area contributed by atoms with E-state index in [0.717, 1.165) is 5.57 Å². The molecule has 0 N–H and O–H groups in total. The van der Waals surface area contributed by atoms with Gasteiger partial charge in [0.2, 0.25) is 0 Å². The van der Waals surface area contributed by atoms with Crippen LogP contribution in [0.2, 0.25) is 0 Å². The van der Waals surface area contributed by atoms with Crippen LogP contribution in [0.15, 0.2) is 59.3 Å². The second-order valence-electron chi connectivity index (χ2n) is 6.38. The van der Waals surface area contributed by atoms with Crippen molar-refractivity contribution in [2.45, 2.75) is 53.9 Å². The first-order valence-corrected chi connectivity index (χ1v) is 7.22. The molecule has 0 heteroatoms. The van der Waals surface area contributed by atoms with E-state index < -0.39 is 0 Å². The van der Waals surface area contributed by atoms with Crippen LogP contribution >= 0.6 is 0 Å². The van der Waals surface area contributed by atoms with Gasteiger partial charge >= 0.3 is 0 Å². The van der Waals surface area contributed by atoms with Gasteiger partial charge in [-0.1, -0.05) is 67.5 Å². The maximum Gasteiger partial charge on any atom is -0.0104 e. The predicted molar refractivity (Wildman–Crippen MR) is 87.2 cm³/mol. The molecule has 0 aromatic carbocycles. The van der Waals surface area contributed by atoms with Crippen LogP contribution in [0.1, 0.15) is 53.9 Å². The first-order valence-electron chi connectivity index (χ1n) is 7.22. The third kappa shape index (κ3) is 5.06. The summed E-state index contributed by atoms with van der Waals surface area (Å²) in [5, 5.41) is 0. The van der Waals surface area contributed by atoms with Gasteiger partial charge in [0.1, 0.15) is 0 Å². The van der Waals surface area contributed by atoms with Gasteiger partial charge in [-0.25, -0.2) is 0 Å². The molecule has 0 bridgehead atoms. The van der Waals surface area contributed by atoms with E-state index in [1.54, 1.807) is 5.57 Å². The van der Waals surface area contributed by atoms with E-state index in [4.69, 9.17) is 0 Å². The lowest BCUT2D eigenvalue weighted by molar-refractivity contribution is 0.377. The van der Waals surface area contributed by atoms with Crippen molar-refractivity contribution in [2.24, 2.45) is 5.41 Å². The van der Waals surface area contributed by atoms with Gasteiger partial charge in [-0.05, 0) is 51.0 Å². The number of hydrogen-bond acceptors (Lipinski definition) is 0. The largest absolute Gasteiger partial charge is 0.0961 e. The van der Waals surface area contributed by atoms with Gasteiger partial charge in [-0.3, -0.25) is 0 Å². The average molecular weight is 256 g/mol. The summed E-state index contributed by atoms with van der Waals surface area (Å²) >= 11 is 0. The fourth-order valence-corrected chi connectivity index (χ4v) is 2.64. The second-order valence-corrected chi connectivity index (χ2v) is 6.38. The van der Waals surface area contributed by atoms with E-state index in [1.165, 1.54) is 30.4 Å². The molecule has 0 radical (unpaired) electrons. The molecule has 0 heterocycles. The van der Waals surface area contributed by atoms with Crippen LogP contribution in [-0.2, 0) is 0 Å². The highest BCUT2D eigenvalue weighted by atomic mass is 14.3. The molecule has 0 saturated carbocycles. The first-order chi connectivity index (χ1) is 8.83. The standard InChI is InChI=1S/C19H28/c1-15(2)9-7-10-16(3)12-13-18-17(4)11-8-14-19(18,5)6/h7,9-10,12-13H,1,8,11,14H2,2-6H3/b9-7-,13-12+,16-10+. The summed E-state index contributed by atoms with van der Waals surface area (Å²) < 4.78 is 0. The van der Waals surface area contributed by atoms with Gasteiger partial charge in [0, 0.05) is 0 Å².